The predicted molar refractivity (Wildman–Crippen MR) is 100 cm³/mol. The van der Waals surface area contributed by atoms with E-state index < -0.39 is 0 Å². The summed E-state index contributed by atoms with van der Waals surface area (Å²) in [6, 6.07) is 0.922. The van der Waals surface area contributed by atoms with Gasteiger partial charge in [-0.25, -0.2) is 4.79 Å². The summed E-state index contributed by atoms with van der Waals surface area (Å²) in [5.74, 6) is 0. The molecule has 0 spiro atoms. The topological polar surface area (TPSA) is 56.4 Å². The average molecular weight is 339 g/mol. The van der Waals surface area contributed by atoms with Gasteiger partial charge in [0, 0.05) is 36.3 Å². The third kappa shape index (κ3) is 6.25. The third-order valence-corrected chi connectivity index (χ3v) is 5.37. The lowest BCUT2D eigenvalue weighted by Gasteiger charge is -2.46. The number of carbonyl (C=O) groups excluding carboxylic acids is 1. The van der Waals surface area contributed by atoms with Gasteiger partial charge >= 0.3 is 6.03 Å². The van der Waals surface area contributed by atoms with Crippen molar-refractivity contribution in [3.63, 3.8) is 0 Å². The number of urea groups is 1. The molecule has 2 heterocycles. The van der Waals surface area contributed by atoms with Crippen molar-refractivity contribution in [1.82, 2.24) is 20.9 Å². The second kappa shape index (κ2) is 8.05. The molecule has 1 unspecified atom stereocenters. The molecule has 2 amide bonds. The molecule has 2 aliphatic heterocycles. The number of nitrogens with zero attached hydrogens (tertiary/aromatic N) is 1. The first-order valence-electron chi connectivity index (χ1n) is 9.75. The lowest BCUT2D eigenvalue weighted by Crippen LogP contribution is -2.62. The summed E-state index contributed by atoms with van der Waals surface area (Å²) >= 11 is 0. The number of nitrogens with one attached hydrogen (secondary N) is 3. The van der Waals surface area contributed by atoms with Crippen LogP contribution in [0.3, 0.4) is 0 Å². The van der Waals surface area contributed by atoms with Crippen molar-refractivity contribution in [2.45, 2.75) is 96.3 Å². The standard InChI is InChI=1S/C19H38N4O/c1-15-9-6-7-11-23(15)12-8-10-20-17(24)21-16-13-18(2,3)22-19(4,5)14-16/h15-16,22H,6-14H2,1-5H3,(H2,20,21,24). The normalized spacial score (nSPS) is 27.6. The van der Waals surface area contributed by atoms with E-state index in [-0.39, 0.29) is 23.2 Å². The van der Waals surface area contributed by atoms with Crippen LogP contribution in [0.25, 0.3) is 0 Å². The maximum atomic E-state index is 12.2. The first-order chi connectivity index (χ1) is 11.2. The average Bonchev–Trinajstić information content (AvgIpc) is 2.41. The molecule has 2 saturated heterocycles. The van der Waals surface area contributed by atoms with E-state index in [1.807, 2.05) is 0 Å². The van der Waals surface area contributed by atoms with Gasteiger partial charge in [-0.3, -0.25) is 0 Å². The fraction of sp³-hybridized carbons (Fsp3) is 0.947. The van der Waals surface area contributed by atoms with E-state index in [0.717, 1.165) is 32.4 Å². The predicted octanol–water partition coefficient (Wildman–Crippen LogP) is 2.86. The van der Waals surface area contributed by atoms with Crippen LogP contribution in [0.5, 0.6) is 0 Å². The molecule has 140 valence electrons. The van der Waals surface area contributed by atoms with Crippen molar-refractivity contribution in [2.75, 3.05) is 19.6 Å². The summed E-state index contributed by atoms with van der Waals surface area (Å²) in [5, 5.41) is 9.87. The molecule has 0 aliphatic carbocycles. The van der Waals surface area contributed by atoms with E-state index in [4.69, 9.17) is 0 Å². The molecule has 3 N–H and O–H groups in total. The second-order valence-corrected chi connectivity index (χ2v) is 9.13. The summed E-state index contributed by atoms with van der Waals surface area (Å²) in [4.78, 5) is 14.7. The number of carbonyl (C=O) groups is 1. The van der Waals surface area contributed by atoms with Gasteiger partial charge in [0.05, 0.1) is 0 Å². The third-order valence-electron chi connectivity index (χ3n) is 5.37. The van der Waals surface area contributed by atoms with Crippen molar-refractivity contribution in [3.8, 4) is 0 Å². The number of amides is 2. The minimum atomic E-state index is -0.0137. The number of hydrogen-bond donors (Lipinski definition) is 3. The van der Waals surface area contributed by atoms with Crippen molar-refractivity contribution in [1.29, 1.82) is 0 Å². The Morgan fingerprint density at radius 3 is 2.46 bits per heavy atom. The van der Waals surface area contributed by atoms with Crippen LogP contribution < -0.4 is 16.0 Å². The monoisotopic (exact) mass is 338 g/mol. The highest BCUT2D eigenvalue weighted by Crippen LogP contribution is 2.28. The number of piperidine rings is 2. The highest BCUT2D eigenvalue weighted by atomic mass is 16.2. The van der Waals surface area contributed by atoms with Gasteiger partial charge in [0.15, 0.2) is 0 Å². The lowest BCUT2D eigenvalue weighted by molar-refractivity contribution is 0.147. The summed E-state index contributed by atoms with van der Waals surface area (Å²) in [5.41, 5.74) is 0.119. The van der Waals surface area contributed by atoms with Crippen LogP contribution in [0.15, 0.2) is 0 Å². The Kier molecular flexibility index (Phi) is 6.54. The molecule has 0 bridgehead atoms. The van der Waals surface area contributed by atoms with E-state index in [0.29, 0.717) is 6.04 Å². The Balaban J connectivity index is 1.66. The van der Waals surface area contributed by atoms with Crippen LogP contribution in [0.1, 0.15) is 73.1 Å². The molecule has 0 saturated carbocycles. The fourth-order valence-corrected chi connectivity index (χ4v) is 4.63. The molecular formula is C19H38N4O. The quantitative estimate of drug-likeness (QED) is 0.676. The summed E-state index contributed by atoms with van der Waals surface area (Å²) in [6.07, 6.45) is 6.96. The number of hydrogen-bond acceptors (Lipinski definition) is 3. The van der Waals surface area contributed by atoms with Crippen molar-refractivity contribution >= 4 is 6.03 Å². The smallest absolute Gasteiger partial charge is 0.315 e. The Bertz CT molecular complexity index is 406. The van der Waals surface area contributed by atoms with Crippen LogP contribution >= 0.6 is 0 Å². The fourth-order valence-electron chi connectivity index (χ4n) is 4.63. The minimum absolute atomic E-state index is 0.0137. The molecule has 5 nitrogen and oxygen atoms in total. The Morgan fingerprint density at radius 1 is 1.17 bits per heavy atom. The van der Waals surface area contributed by atoms with Crippen LogP contribution in [0.2, 0.25) is 0 Å². The maximum absolute atomic E-state index is 12.2. The first kappa shape index (κ1) is 19.5. The van der Waals surface area contributed by atoms with E-state index in [9.17, 15) is 4.79 Å². The molecule has 5 heteroatoms. The summed E-state index contributed by atoms with van der Waals surface area (Å²) in [6.45, 7) is 14.2. The lowest BCUT2D eigenvalue weighted by atomic mass is 9.80. The zero-order valence-electron chi connectivity index (χ0n) is 16.4. The van der Waals surface area contributed by atoms with Crippen molar-refractivity contribution in [3.05, 3.63) is 0 Å². The van der Waals surface area contributed by atoms with E-state index in [2.05, 4.69) is 55.5 Å². The highest BCUT2D eigenvalue weighted by Gasteiger charge is 2.38. The number of rotatable bonds is 5. The summed E-state index contributed by atoms with van der Waals surface area (Å²) < 4.78 is 0. The molecule has 0 aromatic heterocycles. The molecule has 0 aromatic carbocycles. The Labute approximate surface area is 148 Å². The van der Waals surface area contributed by atoms with Crippen LogP contribution in [0, 0.1) is 0 Å². The molecule has 0 radical (unpaired) electrons. The first-order valence-corrected chi connectivity index (χ1v) is 9.75. The van der Waals surface area contributed by atoms with Gasteiger partial charge in [0.1, 0.15) is 0 Å². The van der Waals surface area contributed by atoms with Gasteiger partial charge in [-0.1, -0.05) is 6.42 Å². The van der Waals surface area contributed by atoms with Crippen molar-refractivity contribution in [2.24, 2.45) is 0 Å². The minimum Gasteiger partial charge on any atom is -0.338 e. The number of likely N-dealkylation sites (tertiary alicyclic amines) is 1. The maximum Gasteiger partial charge on any atom is 0.315 e. The van der Waals surface area contributed by atoms with Crippen molar-refractivity contribution < 1.29 is 4.79 Å². The zero-order valence-corrected chi connectivity index (χ0v) is 16.4. The van der Waals surface area contributed by atoms with Gasteiger partial charge in [0.25, 0.3) is 0 Å². The van der Waals surface area contributed by atoms with Crippen LogP contribution in [-0.2, 0) is 0 Å². The van der Waals surface area contributed by atoms with Gasteiger partial charge in [0.2, 0.25) is 0 Å². The molecular weight excluding hydrogens is 300 g/mol. The summed E-state index contributed by atoms with van der Waals surface area (Å²) in [7, 11) is 0. The van der Waals surface area contributed by atoms with Gasteiger partial charge in [-0.05, 0) is 73.3 Å². The van der Waals surface area contributed by atoms with E-state index >= 15 is 0 Å². The van der Waals surface area contributed by atoms with Crippen LogP contribution in [0.4, 0.5) is 4.79 Å². The molecule has 2 rings (SSSR count). The molecule has 24 heavy (non-hydrogen) atoms. The van der Waals surface area contributed by atoms with Gasteiger partial charge < -0.3 is 20.9 Å². The van der Waals surface area contributed by atoms with Gasteiger partial charge in [-0.2, -0.15) is 0 Å². The van der Waals surface area contributed by atoms with Gasteiger partial charge in [-0.15, -0.1) is 0 Å². The SMILES string of the molecule is CC1CCCCN1CCCNC(=O)NC1CC(C)(C)NC(C)(C)C1. The Hall–Kier alpha value is -0.810. The van der Waals surface area contributed by atoms with E-state index in [1.54, 1.807) is 0 Å². The molecule has 1 atom stereocenters. The van der Waals surface area contributed by atoms with Crippen LogP contribution in [-0.4, -0.2) is 53.7 Å². The largest absolute Gasteiger partial charge is 0.338 e. The zero-order chi connectivity index (χ0) is 17.8. The highest BCUT2D eigenvalue weighted by molar-refractivity contribution is 5.74. The second-order valence-electron chi connectivity index (χ2n) is 9.13. The van der Waals surface area contributed by atoms with E-state index in [1.165, 1.54) is 25.8 Å². The Morgan fingerprint density at radius 2 is 1.83 bits per heavy atom. The molecule has 2 fully saturated rings. The molecule has 0 aromatic rings. The molecule has 2 aliphatic rings.